The van der Waals surface area contributed by atoms with E-state index in [1.807, 2.05) is 0 Å². The smallest absolute Gasteiger partial charge is 0.381 e. The van der Waals surface area contributed by atoms with Crippen molar-refractivity contribution in [2.75, 3.05) is 23.8 Å². The van der Waals surface area contributed by atoms with Gasteiger partial charge in [-0.2, -0.15) is 17.6 Å². The van der Waals surface area contributed by atoms with E-state index in [4.69, 9.17) is 4.74 Å². The van der Waals surface area contributed by atoms with E-state index in [0.29, 0.717) is 36.6 Å². The van der Waals surface area contributed by atoms with Gasteiger partial charge in [0.05, 0.1) is 13.2 Å². The van der Waals surface area contributed by atoms with Crippen LogP contribution in [0, 0.1) is 17.8 Å². The molecule has 160 valence electrons. The van der Waals surface area contributed by atoms with Gasteiger partial charge in [0, 0.05) is 41.9 Å². The molecule has 0 radical (unpaired) electrons. The van der Waals surface area contributed by atoms with Gasteiger partial charge in [-0.3, -0.25) is 0 Å². The summed E-state index contributed by atoms with van der Waals surface area (Å²) < 4.78 is 58.1. The minimum absolute atomic E-state index is 0.00943. The first kappa shape index (κ1) is 19.6. The molecule has 2 unspecified atom stereocenters. The Kier molecular flexibility index (Phi) is 4.69. The Labute approximate surface area is 173 Å². The molecule has 0 bridgehead atoms. The molecular weight excluding hydrogens is 416 g/mol. The predicted molar refractivity (Wildman–Crippen MR) is 103 cm³/mol. The minimum Gasteiger partial charge on any atom is -0.381 e. The molecule has 11 heteroatoms. The Bertz CT molecular complexity index is 1110. The minimum atomic E-state index is -4.59. The summed E-state index contributed by atoms with van der Waals surface area (Å²) in [6, 6.07) is 8.06. The van der Waals surface area contributed by atoms with Crippen molar-refractivity contribution in [2.45, 2.75) is 12.2 Å². The molecule has 2 N–H and O–H groups in total. The van der Waals surface area contributed by atoms with E-state index in [2.05, 4.69) is 30.6 Å². The van der Waals surface area contributed by atoms with Crippen molar-refractivity contribution < 1.29 is 22.3 Å². The summed E-state index contributed by atoms with van der Waals surface area (Å²) in [6.45, 7) is 1.33. The van der Waals surface area contributed by atoms with Gasteiger partial charge in [0.1, 0.15) is 23.0 Å². The van der Waals surface area contributed by atoms with Crippen molar-refractivity contribution in [3.8, 4) is 11.5 Å². The fourth-order valence-corrected chi connectivity index (χ4v) is 3.67. The molecule has 2 atom stereocenters. The molecule has 7 nitrogen and oxygen atoms in total. The average Bonchev–Trinajstić information content (AvgIpc) is 3.14. The van der Waals surface area contributed by atoms with Gasteiger partial charge in [-0.25, -0.2) is 19.9 Å². The summed E-state index contributed by atoms with van der Waals surface area (Å²) in [4.78, 5) is 15.8. The summed E-state index contributed by atoms with van der Waals surface area (Å²) in [5.41, 5.74) is -0.676. The third-order valence-electron chi connectivity index (χ3n) is 5.26. The van der Waals surface area contributed by atoms with Crippen LogP contribution in [0.3, 0.4) is 0 Å². The van der Waals surface area contributed by atoms with Gasteiger partial charge in [0.15, 0.2) is 5.82 Å². The van der Waals surface area contributed by atoms with Crippen LogP contribution in [0.1, 0.15) is 5.69 Å². The van der Waals surface area contributed by atoms with Crippen molar-refractivity contribution >= 4 is 17.3 Å². The lowest BCUT2D eigenvalue weighted by Gasteiger charge is -2.13. The van der Waals surface area contributed by atoms with E-state index in [0.717, 1.165) is 6.07 Å². The van der Waals surface area contributed by atoms with E-state index < -0.39 is 17.8 Å². The number of hydrogen-bond donors (Lipinski definition) is 2. The van der Waals surface area contributed by atoms with Crippen LogP contribution in [-0.2, 0) is 10.9 Å². The molecule has 0 amide bonds. The van der Waals surface area contributed by atoms with E-state index in [-0.39, 0.29) is 23.4 Å². The SMILES string of the molecule is Fc1cc(Nc2cc(NC3C4COCC43)nc(-c3cccc(C(F)(F)F)n3)n2)ccn1. The zero-order valence-corrected chi connectivity index (χ0v) is 15.9. The molecular formula is C20H16F4N6O. The molecule has 31 heavy (non-hydrogen) atoms. The second kappa shape index (κ2) is 7.41. The molecule has 3 aromatic heterocycles. The monoisotopic (exact) mass is 432 g/mol. The van der Waals surface area contributed by atoms with Gasteiger partial charge < -0.3 is 15.4 Å². The third-order valence-corrected chi connectivity index (χ3v) is 5.26. The molecule has 4 heterocycles. The van der Waals surface area contributed by atoms with Crippen LogP contribution in [0.5, 0.6) is 0 Å². The van der Waals surface area contributed by atoms with E-state index in [9.17, 15) is 17.6 Å². The van der Waals surface area contributed by atoms with Gasteiger partial charge in [0.25, 0.3) is 0 Å². The van der Waals surface area contributed by atoms with Crippen LogP contribution >= 0.6 is 0 Å². The summed E-state index contributed by atoms with van der Waals surface area (Å²) >= 11 is 0. The highest BCUT2D eigenvalue weighted by atomic mass is 19.4. The first-order valence-electron chi connectivity index (χ1n) is 9.53. The maximum atomic E-state index is 13.4. The molecule has 1 aliphatic heterocycles. The number of anilines is 3. The molecule has 5 rings (SSSR count). The summed E-state index contributed by atoms with van der Waals surface area (Å²) in [5, 5.41) is 6.24. The highest BCUT2D eigenvalue weighted by Crippen LogP contribution is 2.46. The second-order valence-electron chi connectivity index (χ2n) is 7.40. The van der Waals surface area contributed by atoms with Gasteiger partial charge in [-0.1, -0.05) is 6.07 Å². The van der Waals surface area contributed by atoms with Crippen LogP contribution in [0.15, 0.2) is 42.6 Å². The second-order valence-corrected chi connectivity index (χ2v) is 7.40. The van der Waals surface area contributed by atoms with E-state index in [1.165, 1.54) is 24.4 Å². The lowest BCUT2D eigenvalue weighted by atomic mass is 10.2. The topological polar surface area (TPSA) is 84.9 Å². The summed E-state index contributed by atoms with van der Waals surface area (Å²) in [7, 11) is 0. The lowest BCUT2D eigenvalue weighted by Crippen LogP contribution is -2.14. The third kappa shape index (κ3) is 4.13. The number of pyridine rings is 2. The maximum Gasteiger partial charge on any atom is 0.433 e. The first-order chi connectivity index (χ1) is 14.9. The number of nitrogens with one attached hydrogen (secondary N) is 2. The quantitative estimate of drug-likeness (QED) is 0.467. The molecule has 0 spiro atoms. The Balaban J connectivity index is 1.49. The van der Waals surface area contributed by atoms with Crippen LogP contribution < -0.4 is 10.6 Å². The zero-order chi connectivity index (χ0) is 21.6. The predicted octanol–water partition coefficient (Wildman–Crippen LogP) is 3.89. The normalized spacial score (nSPS) is 22.1. The molecule has 2 aliphatic rings. The van der Waals surface area contributed by atoms with Crippen LogP contribution in [-0.4, -0.2) is 39.2 Å². The molecule has 3 aromatic rings. The fourth-order valence-electron chi connectivity index (χ4n) is 3.67. The van der Waals surface area contributed by atoms with Gasteiger partial charge in [-0.15, -0.1) is 0 Å². The maximum absolute atomic E-state index is 13.4. The zero-order valence-electron chi connectivity index (χ0n) is 15.9. The number of fused-ring (bicyclic) bond motifs is 1. The van der Waals surface area contributed by atoms with Gasteiger partial charge in [0.2, 0.25) is 5.95 Å². The van der Waals surface area contributed by atoms with Crippen LogP contribution in [0.25, 0.3) is 11.5 Å². The van der Waals surface area contributed by atoms with Crippen molar-refractivity contribution in [3.05, 3.63) is 54.2 Å². The molecule has 0 aromatic carbocycles. The van der Waals surface area contributed by atoms with Crippen molar-refractivity contribution in [3.63, 3.8) is 0 Å². The highest BCUT2D eigenvalue weighted by Gasteiger charge is 2.54. The Morgan fingerprint density at radius 1 is 0.968 bits per heavy atom. The number of hydrogen-bond acceptors (Lipinski definition) is 7. The molecule has 2 fully saturated rings. The standard InChI is InChI=1S/C20H16F4N6O/c21-15-6-10(4-5-25-15)26-16-7-17(28-18-11-8-31-9-12(11)18)30-19(29-16)13-2-1-3-14(27-13)20(22,23)24/h1-7,11-12,18H,8-9H2,(H2,25,26,28,29,30). The van der Waals surface area contributed by atoms with Crippen LogP contribution in [0.2, 0.25) is 0 Å². The Morgan fingerprint density at radius 2 is 1.74 bits per heavy atom. The molecule has 1 saturated heterocycles. The number of halogens is 4. The van der Waals surface area contributed by atoms with E-state index in [1.54, 1.807) is 12.1 Å². The van der Waals surface area contributed by atoms with Crippen molar-refractivity contribution in [2.24, 2.45) is 11.8 Å². The highest BCUT2D eigenvalue weighted by molar-refractivity contribution is 5.64. The van der Waals surface area contributed by atoms with Crippen molar-refractivity contribution in [1.82, 2.24) is 19.9 Å². The molecule has 1 aliphatic carbocycles. The van der Waals surface area contributed by atoms with Crippen LogP contribution in [0.4, 0.5) is 34.9 Å². The summed E-state index contributed by atoms with van der Waals surface area (Å²) in [6.07, 6.45) is -3.30. The number of aromatic nitrogens is 4. The average molecular weight is 432 g/mol. The van der Waals surface area contributed by atoms with Crippen molar-refractivity contribution in [1.29, 1.82) is 0 Å². The van der Waals surface area contributed by atoms with E-state index >= 15 is 0 Å². The first-order valence-corrected chi connectivity index (χ1v) is 9.53. The number of alkyl halides is 3. The number of nitrogens with zero attached hydrogens (tertiary/aromatic N) is 4. The number of rotatable bonds is 5. The van der Waals surface area contributed by atoms with Gasteiger partial charge in [-0.05, 0) is 18.2 Å². The molecule has 1 saturated carbocycles. The Morgan fingerprint density at radius 3 is 2.48 bits per heavy atom. The largest absolute Gasteiger partial charge is 0.433 e. The van der Waals surface area contributed by atoms with Gasteiger partial charge >= 0.3 is 6.18 Å². The lowest BCUT2D eigenvalue weighted by molar-refractivity contribution is -0.141. The number of ether oxygens (including phenoxy) is 1. The summed E-state index contributed by atoms with van der Waals surface area (Å²) in [5.74, 6) is 0.810. The fraction of sp³-hybridized carbons (Fsp3) is 0.300. The Hall–Kier alpha value is -3.34.